The van der Waals surface area contributed by atoms with Gasteiger partial charge in [0, 0.05) is 11.6 Å². The smallest absolute Gasteiger partial charge is 0.254 e. The molecule has 4 heteroatoms. The van der Waals surface area contributed by atoms with Crippen molar-refractivity contribution in [1.29, 1.82) is 0 Å². The van der Waals surface area contributed by atoms with Crippen molar-refractivity contribution >= 4 is 28.9 Å². The molecule has 2 aromatic carbocycles. The van der Waals surface area contributed by atoms with Crippen LogP contribution in [0.25, 0.3) is 0 Å². The van der Waals surface area contributed by atoms with Crippen LogP contribution in [0, 0.1) is 0 Å². The van der Waals surface area contributed by atoms with E-state index >= 15 is 0 Å². The fourth-order valence-corrected chi connectivity index (χ4v) is 2.72. The lowest BCUT2D eigenvalue weighted by molar-refractivity contribution is -0.119. The van der Waals surface area contributed by atoms with E-state index in [2.05, 4.69) is 5.32 Å². The Morgan fingerprint density at radius 3 is 2.65 bits per heavy atom. The molecule has 1 N–H and O–H groups in total. The summed E-state index contributed by atoms with van der Waals surface area (Å²) in [5.41, 5.74) is 2.74. The van der Waals surface area contributed by atoms with Gasteiger partial charge in [0.1, 0.15) is 6.04 Å². The summed E-state index contributed by atoms with van der Waals surface area (Å²) in [5, 5.41) is 3.95. The third-order valence-electron chi connectivity index (χ3n) is 3.51. The van der Waals surface area contributed by atoms with Crippen LogP contribution < -0.4 is 10.2 Å². The summed E-state index contributed by atoms with van der Waals surface area (Å²) < 4.78 is 0. The van der Waals surface area contributed by atoms with Crippen LogP contribution >= 0.6 is 11.6 Å². The summed E-state index contributed by atoms with van der Waals surface area (Å²) in [5.74, 6) is 0.0634. The first-order valence-electron chi connectivity index (χ1n) is 6.63. The average molecular weight is 287 g/mol. The number of nitrogens with one attached hydrogen (secondary N) is 1. The predicted octanol–water partition coefficient (Wildman–Crippen LogP) is 3.86. The van der Waals surface area contributed by atoms with E-state index in [9.17, 15) is 4.79 Å². The second kappa shape index (κ2) is 5.17. The molecule has 0 aliphatic carbocycles. The number of benzene rings is 2. The van der Waals surface area contributed by atoms with E-state index in [4.69, 9.17) is 11.6 Å². The number of hydrogen-bond acceptors (Lipinski definition) is 2. The van der Waals surface area contributed by atoms with Gasteiger partial charge < -0.3 is 10.2 Å². The molecule has 3 nitrogen and oxygen atoms in total. The Hall–Kier alpha value is -2.00. The van der Waals surface area contributed by atoms with Gasteiger partial charge in [-0.1, -0.05) is 41.9 Å². The zero-order chi connectivity index (χ0) is 14.1. The zero-order valence-electron chi connectivity index (χ0n) is 11.1. The Morgan fingerprint density at radius 2 is 1.95 bits per heavy atom. The van der Waals surface area contributed by atoms with Crippen molar-refractivity contribution in [1.82, 2.24) is 0 Å². The molecule has 0 radical (unpaired) electrons. The lowest BCUT2D eigenvalue weighted by Gasteiger charge is -2.35. The Bertz CT molecular complexity index is 642. The van der Waals surface area contributed by atoms with Gasteiger partial charge in [-0.15, -0.1) is 0 Å². The van der Waals surface area contributed by atoms with E-state index < -0.39 is 0 Å². The molecular weight excluding hydrogens is 272 g/mol. The molecule has 0 saturated carbocycles. The minimum Gasteiger partial charge on any atom is -0.368 e. The number of rotatable bonds is 2. The second-order valence-corrected chi connectivity index (χ2v) is 5.17. The molecule has 1 atom stereocenters. The summed E-state index contributed by atoms with van der Waals surface area (Å²) in [6.07, 6.45) is 0. The number of halogens is 1. The molecule has 0 fully saturated rings. The number of anilines is 2. The third kappa shape index (κ3) is 2.14. The first kappa shape index (κ1) is 13.0. The van der Waals surface area contributed by atoms with Crippen LogP contribution in [0.1, 0.15) is 18.5 Å². The molecule has 1 heterocycles. The van der Waals surface area contributed by atoms with E-state index in [0.717, 1.165) is 16.9 Å². The van der Waals surface area contributed by atoms with Crippen LogP contribution in [-0.2, 0) is 4.79 Å². The topological polar surface area (TPSA) is 32.3 Å². The van der Waals surface area contributed by atoms with E-state index in [1.165, 1.54) is 0 Å². The van der Waals surface area contributed by atoms with E-state index in [1.807, 2.05) is 49.4 Å². The normalized spacial score (nSPS) is 17.6. The number of amides is 1. The molecule has 3 rings (SSSR count). The van der Waals surface area contributed by atoms with Crippen LogP contribution in [-0.4, -0.2) is 12.5 Å². The van der Waals surface area contributed by atoms with Gasteiger partial charge in [0.15, 0.2) is 0 Å². The molecule has 0 aromatic heterocycles. The molecule has 0 bridgehead atoms. The number of carbonyl (C=O) groups excluding carboxylic acids is 1. The van der Waals surface area contributed by atoms with E-state index in [0.29, 0.717) is 11.6 Å². The first-order valence-corrected chi connectivity index (χ1v) is 7.01. The van der Waals surface area contributed by atoms with Gasteiger partial charge in [-0.25, -0.2) is 0 Å². The number of likely N-dealkylation sites (N-methyl/N-ethyl adjacent to an activating group) is 1. The SMILES string of the molecule is CCN1C(=O)C(c2ccccc2)Nc2cc(Cl)ccc21. The minimum atomic E-state index is -0.359. The molecule has 2 aromatic rings. The summed E-state index contributed by atoms with van der Waals surface area (Å²) in [6, 6.07) is 14.9. The third-order valence-corrected chi connectivity index (χ3v) is 3.75. The Morgan fingerprint density at radius 1 is 1.20 bits per heavy atom. The van der Waals surface area contributed by atoms with Crippen LogP contribution in [0.2, 0.25) is 5.02 Å². The van der Waals surface area contributed by atoms with Crippen molar-refractivity contribution in [3.8, 4) is 0 Å². The minimum absolute atomic E-state index is 0.0634. The highest BCUT2D eigenvalue weighted by atomic mass is 35.5. The van der Waals surface area contributed by atoms with Crippen molar-refractivity contribution < 1.29 is 4.79 Å². The van der Waals surface area contributed by atoms with Crippen LogP contribution in [0.3, 0.4) is 0 Å². The van der Waals surface area contributed by atoms with Gasteiger partial charge >= 0.3 is 0 Å². The largest absolute Gasteiger partial charge is 0.368 e. The lowest BCUT2D eigenvalue weighted by Crippen LogP contribution is -2.42. The van der Waals surface area contributed by atoms with Crippen molar-refractivity contribution in [3.05, 3.63) is 59.1 Å². The highest BCUT2D eigenvalue weighted by molar-refractivity contribution is 6.31. The quantitative estimate of drug-likeness (QED) is 0.909. The highest BCUT2D eigenvalue weighted by Gasteiger charge is 2.32. The molecule has 1 unspecified atom stereocenters. The van der Waals surface area contributed by atoms with Crippen molar-refractivity contribution in [2.75, 3.05) is 16.8 Å². The van der Waals surface area contributed by atoms with Gasteiger partial charge in [-0.05, 0) is 30.7 Å². The van der Waals surface area contributed by atoms with Gasteiger partial charge in [0.2, 0.25) is 0 Å². The number of fused-ring (bicyclic) bond motifs is 1. The Labute approximate surface area is 123 Å². The second-order valence-electron chi connectivity index (χ2n) is 4.73. The fourth-order valence-electron chi connectivity index (χ4n) is 2.55. The molecular formula is C16H15ClN2O. The van der Waals surface area contributed by atoms with E-state index in [-0.39, 0.29) is 11.9 Å². The summed E-state index contributed by atoms with van der Waals surface area (Å²) in [6.45, 7) is 2.61. The fraction of sp³-hybridized carbons (Fsp3) is 0.188. The maximum absolute atomic E-state index is 12.6. The van der Waals surface area contributed by atoms with Crippen molar-refractivity contribution in [3.63, 3.8) is 0 Å². The Kier molecular flexibility index (Phi) is 3.36. The lowest BCUT2D eigenvalue weighted by atomic mass is 10.0. The molecule has 0 spiro atoms. The average Bonchev–Trinajstić information content (AvgIpc) is 2.48. The van der Waals surface area contributed by atoms with Crippen LogP contribution in [0.5, 0.6) is 0 Å². The monoisotopic (exact) mass is 286 g/mol. The summed E-state index contributed by atoms with van der Waals surface area (Å²) in [4.78, 5) is 14.4. The van der Waals surface area contributed by atoms with Crippen molar-refractivity contribution in [2.45, 2.75) is 13.0 Å². The van der Waals surface area contributed by atoms with Gasteiger partial charge in [-0.3, -0.25) is 4.79 Å². The molecule has 102 valence electrons. The maximum atomic E-state index is 12.6. The maximum Gasteiger partial charge on any atom is 0.254 e. The van der Waals surface area contributed by atoms with Crippen molar-refractivity contribution in [2.24, 2.45) is 0 Å². The number of hydrogen-bond donors (Lipinski definition) is 1. The highest BCUT2D eigenvalue weighted by Crippen LogP contribution is 2.37. The molecule has 1 aliphatic rings. The standard InChI is InChI=1S/C16H15ClN2O/c1-2-19-14-9-8-12(17)10-13(14)18-15(16(19)20)11-6-4-3-5-7-11/h3-10,15,18H,2H2,1H3. The summed E-state index contributed by atoms with van der Waals surface area (Å²) in [7, 11) is 0. The van der Waals surface area contributed by atoms with Crippen LogP contribution in [0.4, 0.5) is 11.4 Å². The summed E-state index contributed by atoms with van der Waals surface area (Å²) >= 11 is 6.05. The molecule has 1 amide bonds. The first-order chi connectivity index (χ1) is 9.70. The van der Waals surface area contributed by atoms with Gasteiger partial charge in [0.05, 0.1) is 11.4 Å². The van der Waals surface area contributed by atoms with Crippen LogP contribution in [0.15, 0.2) is 48.5 Å². The zero-order valence-corrected chi connectivity index (χ0v) is 11.9. The number of carbonyl (C=O) groups is 1. The molecule has 0 saturated heterocycles. The van der Waals surface area contributed by atoms with Gasteiger partial charge in [-0.2, -0.15) is 0 Å². The number of nitrogens with zero attached hydrogens (tertiary/aromatic N) is 1. The molecule has 20 heavy (non-hydrogen) atoms. The van der Waals surface area contributed by atoms with E-state index in [1.54, 1.807) is 11.0 Å². The van der Waals surface area contributed by atoms with Gasteiger partial charge in [0.25, 0.3) is 5.91 Å². The molecule has 1 aliphatic heterocycles. The predicted molar refractivity (Wildman–Crippen MR) is 82.3 cm³/mol. The Balaban J connectivity index is 2.07.